The van der Waals surface area contributed by atoms with Gasteiger partial charge in [-0.25, -0.2) is 18.0 Å². The fraction of sp³-hybridized carbons (Fsp3) is 0.474. The first-order valence-corrected chi connectivity index (χ1v) is 9.24. The Kier molecular flexibility index (Phi) is 5.64. The molecule has 0 bridgehead atoms. The average Bonchev–Trinajstić information content (AvgIpc) is 3.12. The van der Waals surface area contributed by atoms with Crippen molar-refractivity contribution < 1.29 is 23.1 Å². The van der Waals surface area contributed by atoms with Gasteiger partial charge in [0.25, 0.3) is 0 Å². The summed E-state index contributed by atoms with van der Waals surface area (Å²) in [5, 5.41) is 11.5. The highest BCUT2D eigenvalue weighted by Gasteiger charge is 2.32. The predicted molar refractivity (Wildman–Crippen MR) is 99.6 cm³/mol. The first-order valence-electron chi connectivity index (χ1n) is 9.24. The lowest BCUT2D eigenvalue weighted by Gasteiger charge is -2.23. The molecule has 0 aliphatic carbocycles. The van der Waals surface area contributed by atoms with Gasteiger partial charge in [0, 0.05) is 25.8 Å². The highest BCUT2D eigenvalue weighted by Crippen LogP contribution is 2.35. The molecule has 28 heavy (non-hydrogen) atoms. The molecule has 6 nitrogen and oxygen atoms in total. The van der Waals surface area contributed by atoms with Crippen LogP contribution in [0.1, 0.15) is 30.6 Å². The quantitative estimate of drug-likeness (QED) is 0.733. The third-order valence-electron chi connectivity index (χ3n) is 5.17. The van der Waals surface area contributed by atoms with E-state index in [0.29, 0.717) is 26.1 Å². The van der Waals surface area contributed by atoms with E-state index in [4.69, 9.17) is 5.11 Å². The molecule has 1 fully saturated rings. The monoisotopic (exact) mass is 397 g/mol. The Labute approximate surface area is 159 Å². The lowest BCUT2D eigenvalue weighted by atomic mass is 10.1. The Balaban J connectivity index is 2.21. The van der Waals surface area contributed by atoms with Crippen LogP contribution in [0.25, 0.3) is 10.9 Å². The number of nitrogens with one attached hydrogen (secondary N) is 1. The van der Waals surface area contributed by atoms with Crippen LogP contribution in [0.4, 0.5) is 18.9 Å². The molecule has 2 heterocycles. The molecule has 0 spiro atoms. The zero-order valence-electron chi connectivity index (χ0n) is 15.7. The number of anilines is 1. The SMILES string of the molecule is CCNCC1CCN(c2c(F)c(F)c3c(=O)c(C(=O)O)cn(CC)c3c2F)C1. The van der Waals surface area contributed by atoms with Gasteiger partial charge in [0.15, 0.2) is 17.5 Å². The van der Waals surface area contributed by atoms with Crippen LogP contribution >= 0.6 is 0 Å². The van der Waals surface area contributed by atoms with E-state index < -0.39 is 51.0 Å². The number of pyridine rings is 1. The molecule has 1 aliphatic heterocycles. The number of aromatic carboxylic acids is 1. The molecule has 9 heteroatoms. The molecule has 1 aliphatic rings. The topological polar surface area (TPSA) is 74.6 Å². The zero-order chi connectivity index (χ0) is 20.6. The molecule has 2 N–H and O–H groups in total. The summed E-state index contributed by atoms with van der Waals surface area (Å²) < 4.78 is 46.1. The Morgan fingerprint density at radius 2 is 1.96 bits per heavy atom. The fourth-order valence-corrected chi connectivity index (χ4v) is 3.76. The van der Waals surface area contributed by atoms with E-state index in [0.717, 1.165) is 17.3 Å². The summed E-state index contributed by atoms with van der Waals surface area (Å²) in [5.74, 6) is -5.44. The highest BCUT2D eigenvalue weighted by atomic mass is 19.2. The van der Waals surface area contributed by atoms with Crippen molar-refractivity contribution in [2.24, 2.45) is 5.92 Å². The number of fused-ring (bicyclic) bond motifs is 1. The number of aryl methyl sites for hydroxylation is 1. The van der Waals surface area contributed by atoms with E-state index in [2.05, 4.69) is 5.32 Å². The number of hydrogen-bond donors (Lipinski definition) is 2. The number of carboxylic acid groups (broad SMARTS) is 1. The van der Waals surface area contributed by atoms with Crippen LogP contribution in [0.2, 0.25) is 0 Å². The summed E-state index contributed by atoms with van der Waals surface area (Å²) in [4.78, 5) is 25.1. The van der Waals surface area contributed by atoms with Crippen molar-refractivity contribution in [2.75, 3.05) is 31.1 Å². The summed E-state index contributed by atoms with van der Waals surface area (Å²) in [6.07, 6.45) is 1.67. The molecule has 0 saturated carbocycles. The van der Waals surface area contributed by atoms with E-state index in [9.17, 15) is 18.4 Å². The van der Waals surface area contributed by atoms with Crippen molar-refractivity contribution in [1.29, 1.82) is 0 Å². The zero-order valence-corrected chi connectivity index (χ0v) is 15.7. The first-order chi connectivity index (χ1) is 13.3. The lowest BCUT2D eigenvalue weighted by Crippen LogP contribution is -2.28. The van der Waals surface area contributed by atoms with E-state index in [1.807, 2.05) is 6.92 Å². The minimum Gasteiger partial charge on any atom is -0.477 e. The summed E-state index contributed by atoms with van der Waals surface area (Å²) in [7, 11) is 0. The van der Waals surface area contributed by atoms with Crippen LogP contribution in [-0.2, 0) is 6.54 Å². The maximum atomic E-state index is 15.3. The largest absolute Gasteiger partial charge is 0.477 e. The molecule has 152 valence electrons. The van der Waals surface area contributed by atoms with E-state index >= 15 is 4.39 Å². The number of carbonyl (C=O) groups is 1. The molecule has 3 rings (SSSR count). The number of benzene rings is 1. The van der Waals surface area contributed by atoms with Crippen LogP contribution in [0.3, 0.4) is 0 Å². The van der Waals surface area contributed by atoms with Gasteiger partial charge in [-0.05, 0) is 32.4 Å². The minimum atomic E-state index is -1.58. The number of carboxylic acids is 1. The first kappa shape index (κ1) is 20.2. The molecule has 1 saturated heterocycles. The standard InChI is InChI=1S/C19H22F3N3O3/c1-3-23-7-10-5-6-25(8-10)17-14(21)13(20)12-16(15(17)22)24(4-2)9-11(18(12)26)19(27)28/h9-10,23H,3-8H2,1-2H3,(H,27,28). The Bertz CT molecular complexity index is 990. The van der Waals surface area contributed by atoms with Crippen LogP contribution in [0, 0.1) is 23.4 Å². The number of rotatable bonds is 6. The molecular formula is C19H22F3N3O3. The third kappa shape index (κ3) is 3.23. The van der Waals surface area contributed by atoms with E-state index in [1.165, 1.54) is 4.90 Å². The number of halogens is 3. The van der Waals surface area contributed by atoms with Gasteiger partial charge in [0.1, 0.15) is 11.3 Å². The highest BCUT2D eigenvalue weighted by molar-refractivity contribution is 5.94. The van der Waals surface area contributed by atoms with Gasteiger partial charge >= 0.3 is 5.97 Å². The maximum absolute atomic E-state index is 15.3. The molecular weight excluding hydrogens is 375 g/mol. The normalized spacial score (nSPS) is 16.9. The Morgan fingerprint density at radius 1 is 1.25 bits per heavy atom. The Morgan fingerprint density at radius 3 is 2.57 bits per heavy atom. The van der Waals surface area contributed by atoms with Crippen molar-refractivity contribution >= 4 is 22.6 Å². The van der Waals surface area contributed by atoms with Crippen molar-refractivity contribution in [3.8, 4) is 0 Å². The van der Waals surface area contributed by atoms with Gasteiger partial charge in [-0.2, -0.15) is 0 Å². The van der Waals surface area contributed by atoms with Crippen LogP contribution in [0.5, 0.6) is 0 Å². The Hall–Kier alpha value is -2.55. The van der Waals surface area contributed by atoms with Crippen LogP contribution < -0.4 is 15.6 Å². The molecule has 0 radical (unpaired) electrons. The second kappa shape index (κ2) is 7.83. The summed E-state index contributed by atoms with van der Waals surface area (Å²) in [5.41, 5.74) is -2.89. The minimum absolute atomic E-state index is 0.0849. The number of nitrogens with zero attached hydrogens (tertiary/aromatic N) is 2. The molecule has 2 aromatic rings. The molecule has 0 amide bonds. The van der Waals surface area contributed by atoms with Gasteiger partial charge in [0.2, 0.25) is 5.43 Å². The van der Waals surface area contributed by atoms with E-state index in [1.54, 1.807) is 6.92 Å². The van der Waals surface area contributed by atoms with Crippen LogP contribution in [-0.4, -0.2) is 41.8 Å². The molecule has 1 aromatic heterocycles. The van der Waals surface area contributed by atoms with Gasteiger partial charge < -0.3 is 19.9 Å². The van der Waals surface area contributed by atoms with Crippen LogP contribution in [0.15, 0.2) is 11.0 Å². The summed E-state index contributed by atoms with van der Waals surface area (Å²) >= 11 is 0. The molecule has 1 unspecified atom stereocenters. The lowest BCUT2D eigenvalue weighted by molar-refractivity contribution is 0.0695. The molecule has 1 atom stereocenters. The van der Waals surface area contributed by atoms with Gasteiger partial charge in [-0.3, -0.25) is 4.79 Å². The van der Waals surface area contributed by atoms with Gasteiger partial charge in [-0.1, -0.05) is 6.92 Å². The van der Waals surface area contributed by atoms with E-state index in [-0.39, 0.29) is 12.5 Å². The van der Waals surface area contributed by atoms with Gasteiger partial charge in [-0.15, -0.1) is 0 Å². The predicted octanol–water partition coefficient (Wildman–Crippen LogP) is 2.57. The summed E-state index contributed by atoms with van der Waals surface area (Å²) in [6, 6.07) is 0. The second-order valence-corrected chi connectivity index (χ2v) is 6.89. The average molecular weight is 397 g/mol. The second-order valence-electron chi connectivity index (χ2n) is 6.89. The third-order valence-corrected chi connectivity index (χ3v) is 5.17. The fourth-order valence-electron chi connectivity index (χ4n) is 3.76. The number of hydrogen-bond acceptors (Lipinski definition) is 4. The van der Waals surface area contributed by atoms with Crippen molar-refractivity contribution in [3.05, 3.63) is 39.4 Å². The van der Waals surface area contributed by atoms with Crippen molar-refractivity contribution in [1.82, 2.24) is 9.88 Å². The number of aromatic nitrogens is 1. The molecule has 1 aromatic carbocycles. The van der Waals surface area contributed by atoms with Crippen molar-refractivity contribution in [2.45, 2.75) is 26.8 Å². The van der Waals surface area contributed by atoms with Gasteiger partial charge in [0.05, 0.1) is 10.9 Å². The smallest absolute Gasteiger partial charge is 0.341 e. The summed E-state index contributed by atoms with van der Waals surface area (Å²) in [6.45, 7) is 5.82. The maximum Gasteiger partial charge on any atom is 0.341 e. The van der Waals surface area contributed by atoms with Crippen molar-refractivity contribution in [3.63, 3.8) is 0 Å².